The predicted molar refractivity (Wildman–Crippen MR) is 76.3 cm³/mol. The van der Waals surface area contributed by atoms with Gasteiger partial charge in [0.15, 0.2) is 0 Å². The Kier molecular flexibility index (Phi) is 3.13. The standard InChI is InChI=1S/C13H17BrN4/c1-18-7-8(6-15)5-11(18)9-3-2-4-10-12(9)16-17-13(10)14/h2-4,8,11H,5-7,15H2,1H3,(H,16,17). The predicted octanol–water partition coefficient (Wildman–Crippen LogP) is 2.28. The topological polar surface area (TPSA) is 57.9 Å². The molecule has 2 atom stereocenters. The van der Waals surface area contributed by atoms with Crippen LogP contribution in [0.2, 0.25) is 0 Å². The lowest BCUT2D eigenvalue weighted by Crippen LogP contribution is -2.20. The van der Waals surface area contributed by atoms with Gasteiger partial charge >= 0.3 is 0 Å². The number of hydrogen-bond acceptors (Lipinski definition) is 3. The quantitative estimate of drug-likeness (QED) is 0.895. The Morgan fingerprint density at radius 1 is 1.56 bits per heavy atom. The van der Waals surface area contributed by atoms with E-state index in [1.807, 2.05) is 0 Å². The molecule has 1 saturated heterocycles. The monoisotopic (exact) mass is 308 g/mol. The molecule has 5 heteroatoms. The first-order valence-corrected chi connectivity index (χ1v) is 7.02. The highest BCUT2D eigenvalue weighted by atomic mass is 79.9. The van der Waals surface area contributed by atoms with Gasteiger partial charge in [-0.05, 0) is 47.4 Å². The molecule has 1 aliphatic rings. The van der Waals surface area contributed by atoms with E-state index in [1.165, 1.54) is 5.56 Å². The summed E-state index contributed by atoms with van der Waals surface area (Å²) in [4.78, 5) is 2.38. The van der Waals surface area contributed by atoms with Crippen LogP contribution in [0.4, 0.5) is 0 Å². The lowest BCUT2D eigenvalue weighted by Gasteiger charge is -2.19. The molecular weight excluding hydrogens is 292 g/mol. The van der Waals surface area contributed by atoms with Crippen molar-refractivity contribution < 1.29 is 0 Å². The summed E-state index contributed by atoms with van der Waals surface area (Å²) in [5.74, 6) is 0.595. The zero-order valence-corrected chi connectivity index (χ0v) is 11.9. The normalized spacial score (nSPS) is 25.1. The second-order valence-electron chi connectivity index (χ2n) is 5.07. The van der Waals surface area contributed by atoms with Gasteiger partial charge in [0.25, 0.3) is 0 Å². The van der Waals surface area contributed by atoms with Crippen LogP contribution in [0.1, 0.15) is 18.0 Å². The summed E-state index contributed by atoms with van der Waals surface area (Å²) in [7, 11) is 2.17. The number of likely N-dealkylation sites (tertiary alicyclic amines) is 1. The summed E-state index contributed by atoms with van der Waals surface area (Å²) < 4.78 is 0.954. The first kappa shape index (κ1) is 12.1. The summed E-state index contributed by atoms with van der Waals surface area (Å²) >= 11 is 3.50. The Bertz CT molecular complexity index is 565. The SMILES string of the molecule is CN1CC(CN)CC1c1cccc2c(Br)[nH]nc12. The molecule has 0 bridgehead atoms. The number of nitrogens with two attached hydrogens (primary N) is 1. The van der Waals surface area contributed by atoms with Crippen molar-refractivity contribution in [3.8, 4) is 0 Å². The van der Waals surface area contributed by atoms with E-state index < -0.39 is 0 Å². The molecule has 0 saturated carbocycles. The van der Waals surface area contributed by atoms with Gasteiger partial charge in [-0.2, -0.15) is 5.10 Å². The van der Waals surface area contributed by atoms with Crippen LogP contribution in [-0.4, -0.2) is 35.2 Å². The van der Waals surface area contributed by atoms with Gasteiger partial charge in [0.1, 0.15) is 4.60 Å². The minimum Gasteiger partial charge on any atom is -0.330 e. The highest BCUT2D eigenvalue weighted by molar-refractivity contribution is 9.10. The van der Waals surface area contributed by atoms with E-state index in [4.69, 9.17) is 5.73 Å². The van der Waals surface area contributed by atoms with Crippen LogP contribution in [0.5, 0.6) is 0 Å². The first-order chi connectivity index (χ1) is 8.70. The maximum Gasteiger partial charge on any atom is 0.108 e. The van der Waals surface area contributed by atoms with Crippen LogP contribution >= 0.6 is 15.9 Å². The second kappa shape index (κ2) is 4.64. The van der Waals surface area contributed by atoms with E-state index >= 15 is 0 Å². The van der Waals surface area contributed by atoms with Gasteiger partial charge in [0.05, 0.1) is 5.52 Å². The molecule has 1 aromatic heterocycles. The number of benzene rings is 1. The highest BCUT2D eigenvalue weighted by Gasteiger charge is 2.31. The number of para-hydroxylation sites is 1. The number of nitrogens with zero attached hydrogens (tertiary/aromatic N) is 2. The molecule has 96 valence electrons. The molecule has 18 heavy (non-hydrogen) atoms. The average molecular weight is 309 g/mol. The van der Waals surface area contributed by atoms with E-state index in [-0.39, 0.29) is 0 Å². The van der Waals surface area contributed by atoms with Crippen LogP contribution in [0.15, 0.2) is 22.8 Å². The Hall–Kier alpha value is -0.910. The maximum absolute atomic E-state index is 5.80. The highest BCUT2D eigenvalue weighted by Crippen LogP contribution is 2.37. The van der Waals surface area contributed by atoms with Crippen LogP contribution in [0.3, 0.4) is 0 Å². The molecule has 4 nitrogen and oxygen atoms in total. The fraction of sp³-hybridized carbons (Fsp3) is 0.462. The molecule has 0 aliphatic carbocycles. The van der Waals surface area contributed by atoms with Crippen molar-refractivity contribution in [2.24, 2.45) is 11.7 Å². The molecule has 2 heterocycles. The summed E-state index contributed by atoms with van der Waals surface area (Å²) in [6, 6.07) is 6.79. The van der Waals surface area contributed by atoms with Crippen molar-refractivity contribution in [2.45, 2.75) is 12.5 Å². The molecule has 2 unspecified atom stereocenters. The van der Waals surface area contributed by atoms with Crippen LogP contribution < -0.4 is 5.73 Å². The van der Waals surface area contributed by atoms with Crippen LogP contribution in [-0.2, 0) is 0 Å². The Labute approximate surface area is 115 Å². The van der Waals surface area contributed by atoms with Gasteiger partial charge in [0, 0.05) is 18.0 Å². The Balaban J connectivity index is 2.04. The van der Waals surface area contributed by atoms with Crippen molar-refractivity contribution >= 4 is 26.8 Å². The molecule has 0 amide bonds. The number of halogens is 1. The number of aromatic nitrogens is 2. The van der Waals surface area contributed by atoms with Crippen LogP contribution in [0.25, 0.3) is 10.9 Å². The minimum atomic E-state index is 0.428. The molecular formula is C13H17BrN4. The Morgan fingerprint density at radius 3 is 3.11 bits per heavy atom. The number of H-pyrrole nitrogens is 1. The lowest BCUT2D eigenvalue weighted by atomic mass is 9.98. The third-order valence-electron chi connectivity index (χ3n) is 3.90. The second-order valence-corrected chi connectivity index (χ2v) is 5.87. The van der Waals surface area contributed by atoms with E-state index in [2.05, 4.69) is 56.3 Å². The number of rotatable bonds is 2. The molecule has 0 spiro atoms. The first-order valence-electron chi connectivity index (χ1n) is 6.23. The lowest BCUT2D eigenvalue weighted by molar-refractivity contribution is 0.315. The third-order valence-corrected chi connectivity index (χ3v) is 4.50. The van der Waals surface area contributed by atoms with Gasteiger partial charge in [-0.15, -0.1) is 0 Å². The van der Waals surface area contributed by atoms with Gasteiger partial charge in [-0.1, -0.05) is 18.2 Å². The molecule has 1 aliphatic heterocycles. The van der Waals surface area contributed by atoms with E-state index in [0.29, 0.717) is 12.0 Å². The van der Waals surface area contributed by atoms with E-state index in [1.54, 1.807) is 0 Å². The number of hydrogen-bond donors (Lipinski definition) is 2. The summed E-state index contributed by atoms with van der Waals surface area (Å²) in [5.41, 5.74) is 8.16. The number of fused-ring (bicyclic) bond motifs is 1. The molecule has 1 fully saturated rings. The maximum atomic E-state index is 5.80. The summed E-state index contributed by atoms with van der Waals surface area (Å²) in [6.45, 7) is 1.84. The van der Waals surface area contributed by atoms with Gasteiger partial charge in [-0.25, -0.2) is 0 Å². The summed E-state index contributed by atoms with van der Waals surface area (Å²) in [6.07, 6.45) is 1.12. The van der Waals surface area contributed by atoms with Gasteiger partial charge < -0.3 is 5.73 Å². The van der Waals surface area contributed by atoms with Gasteiger partial charge in [-0.3, -0.25) is 10.00 Å². The fourth-order valence-electron chi connectivity index (χ4n) is 2.94. The largest absolute Gasteiger partial charge is 0.330 e. The van der Waals surface area contributed by atoms with Crippen molar-refractivity contribution in [2.75, 3.05) is 20.1 Å². The fourth-order valence-corrected chi connectivity index (χ4v) is 3.35. The number of nitrogens with one attached hydrogen (secondary N) is 1. The Morgan fingerprint density at radius 2 is 2.39 bits per heavy atom. The number of aromatic amines is 1. The molecule has 2 aromatic rings. The smallest absolute Gasteiger partial charge is 0.108 e. The molecule has 3 rings (SSSR count). The van der Waals surface area contributed by atoms with Crippen molar-refractivity contribution in [1.29, 1.82) is 0 Å². The van der Waals surface area contributed by atoms with Crippen LogP contribution in [0, 0.1) is 5.92 Å². The van der Waals surface area contributed by atoms with Crippen molar-refractivity contribution in [1.82, 2.24) is 15.1 Å². The van der Waals surface area contributed by atoms with E-state index in [9.17, 15) is 0 Å². The van der Waals surface area contributed by atoms with Crippen molar-refractivity contribution in [3.05, 3.63) is 28.4 Å². The van der Waals surface area contributed by atoms with Crippen molar-refractivity contribution in [3.63, 3.8) is 0 Å². The molecule has 3 N–H and O–H groups in total. The van der Waals surface area contributed by atoms with E-state index in [0.717, 1.165) is 35.0 Å². The zero-order chi connectivity index (χ0) is 12.7. The minimum absolute atomic E-state index is 0.428. The van der Waals surface area contributed by atoms with Gasteiger partial charge in [0.2, 0.25) is 0 Å². The molecule has 1 aromatic carbocycles. The summed E-state index contributed by atoms with van der Waals surface area (Å²) in [5, 5.41) is 8.57. The molecule has 0 radical (unpaired) electrons. The zero-order valence-electron chi connectivity index (χ0n) is 10.4. The average Bonchev–Trinajstić information content (AvgIpc) is 2.93. The third kappa shape index (κ3) is 1.86.